The molecule has 0 spiro atoms. The zero-order chi connectivity index (χ0) is 19.8. The number of carbonyl (C=O) groups is 2. The molecule has 1 N–H and O–H groups in total. The molecule has 1 atom stereocenters. The third kappa shape index (κ3) is 3.98. The number of nitrogens with one attached hydrogen (secondary N) is 1. The number of sulfonamides is 1. The molecular weight excluding hydrogens is 390 g/mol. The summed E-state index contributed by atoms with van der Waals surface area (Å²) < 4.78 is 25.7. The molecule has 0 saturated carbocycles. The van der Waals surface area contributed by atoms with Gasteiger partial charge in [0.2, 0.25) is 10.0 Å². The molecule has 1 fully saturated rings. The second-order valence-electron chi connectivity index (χ2n) is 6.36. The van der Waals surface area contributed by atoms with E-state index < -0.39 is 22.1 Å². The van der Waals surface area contributed by atoms with Crippen LogP contribution in [-0.2, 0) is 10.0 Å². The Labute approximate surface area is 161 Å². The molecule has 11 heteroatoms. The van der Waals surface area contributed by atoms with Crippen molar-refractivity contribution in [2.24, 2.45) is 0 Å². The van der Waals surface area contributed by atoms with Crippen LogP contribution in [0.15, 0.2) is 23.6 Å². The molecule has 3 rings (SSSR count). The Morgan fingerprint density at radius 2 is 2.11 bits per heavy atom. The van der Waals surface area contributed by atoms with Gasteiger partial charge in [0.05, 0.1) is 25.0 Å². The molecule has 27 heavy (non-hydrogen) atoms. The Hall–Kier alpha value is -2.40. The number of aromatic nitrogens is 2. The predicted octanol–water partition coefficient (Wildman–Crippen LogP) is 1.56. The summed E-state index contributed by atoms with van der Waals surface area (Å²) in [6, 6.07) is 4.18. The first-order chi connectivity index (χ1) is 12.7. The molecule has 146 valence electrons. The van der Waals surface area contributed by atoms with Crippen LogP contribution in [0, 0.1) is 13.8 Å². The van der Waals surface area contributed by atoms with E-state index in [0.717, 1.165) is 27.4 Å². The Balaban J connectivity index is 1.74. The topological polar surface area (TPSA) is 105 Å². The lowest BCUT2D eigenvalue weighted by Crippen LogP contribution is -2.45. The molecule has 0 aromatic carbocycles. The summed E-state index contributed by atoms with van der Waals surface area (Å²) >= 11 is 1.55. The molecule has 0 bridgehead atoms. The van der Waals surface area contributed by atoms with Crippen molar-refractivity contribution >= 4 is 33.4 Å². The Kier molecular flexibility index (Phi) is 5.24. The van der Waals surface area contributed by atoms with Crippen LogP contribution in [0.3, 0.4) is 0 Å². The third-order valence-corrected chi connectivity index (χ3v) is 6.39. The lowest BCUT2D eigenvalue weighted by molar-refractivity contribution is 0.193. The highest BCUT2D eigenvalue weighted by Gasteiger charge is 2.38. The summed E-state index contributed by atoms with van der Waals surface area (Å²) in [5, 5.41) is 9.19. The SMILES string of the molecule is Cc1cc(C)n(C(CNC(=O)N2CCN(S(C)(=O)=O)C2=O)c2cccs2)n1. The van der Waals surface area contributed by atoms with Crippen molar-refractivity contribution in [2.75, 3.05) is 25.9 Å². The summed E-state index contributed by atoms with van der Waals surface area (Å²) in [4.78, 5) is 26.6. The van der Waals surface area contributed by atoms with E-state index in [9.17, 15) is 18.0 Å². The maximum atomic E-state index is 12.5. The Morgan fingerprint density at radius 1 is 1.37 bits per heavy atom. The van der Waals surface area contributed by atoms with E-state index in [2.05, 4.69) is 10.4 Å². The number of rotatable bonds is 5. The lowest BCUT2D eigenvalue weighted by Gasteiger charge is -2.21. The fraction of sp³-hybridized carbons (Fsp3) is 0.438. The highest BCUT2D eigenvalue weighted by molar-refractivity contribution is 7.88. The molecule has 9 nitrogen and oxygen atoms in total. The molecule has 4 amide bonds. The summed E-state index contributed by atoms with van der Waals surface area (Å²) in [6.07, 6.45) is 0.946. The quantitative estimate of drug-likeness (QED) is 0.804. The van der Waals surface area contributed by atoms with Crippen LogP contribution in [0.1, 0.15) is 22.3 Å². The number of hydrogen-bond donors (Lipinski definition) is 1. The van der Waals surface area contributed by atoms with E-state index in [-0.39, 0.29) is 25.7 Å². The van der Waals surface area contributed by atoms with Crippen molar-refractivity contribution in [1.29, 1.82) is 0 Å². The monoisotopic (exact) mass is 411 g/mol. The van der Waals surface area contributed by atoms with E-state index in [4.69, 9.17) is 0 Å². The van der Waals surface area contributed by atoms with E-state index in [1.165, 1.54) is 0 Å². The number of imide groups is 1. The van der Waals surface area contributed by atoms with Crippen molar-refractivity contribution in [3.8, 4) is 0 Å². The molecule has 1 saturated heterocycles. The van der Waals surface area contributed by atoms with Crippen molar-refractivity contribution in [3.05, 3.63) is 39.8 Å². The maximum Gasteiger partial charge on any atom is 0.341 e. The zero-order valence-corrected chi connectivity index (χ0v) is 16.9. The van der Waals surface area contributed by atoms with E-state index in [1.54, 1.807) is 11.3 Å². The lowest BCUT2D eigenvalue weighted by atomic mass is 10.2. The number of aryl methyl sites for hydroxylation is 2. The van der Waals surface area contributed by atoms with Crippen LogP contribution in [0.2, 0.25) is 0 Å². The molecule has 0 aliphatic carbocycles. The Bertz CT molecular complexity index is 952. The van der Waals surface area contributed by atoms with Gasteiger partial charge in [0, 0.05) is 17.1 Å². The van der Waals surface area contributed by atoms with Gasteiger partial charge in [-0.25, -0.2) is 27.2 Å². The second kappa shape index (κ2) is 7.31. The number of nitrogens with zero attached hydrogens (tertiary/aromatic N) is 4. The zero-order valence-electron chi connectivity index (χ0n) is 15.2. The number of carbonyl (C=O) groups excluding carboxylic acids is 2. The number of amides is 4. The standard InChI is InChI=1S/C16H21N5O4S2/c1-11-9-12(2)21(18-11)13(14-5-4-8-26-14)10-17-15(22)19-6-7-20(16(19)23)27(3,24)25/h4-5,8-9,13H,6-7,10H2,1-3H3,(H,17,22). The molecule has 1 aliphatic rings. The second-order valence-corrected chi connectivity index (χ2v) is 9.24. The number of thiophene rings is 1. The van der Waals surface area contributed by atoms with Crippen molar-refractivity contribution in [3.63, 3.8) is 0 Å². The van der Waals surface area contributed by atoms with Crippen LogP contribution in [-0.4, -0.2) is 65.4 Å². The summed E-state index contributed by atoms with van der Waals surface area (Å²) in [5.41, 5.74) is 1.83. The van der Waals surface area contributed by atoms with Gasteiger partial charge in [0.1, 0.15) is 6.04 Å². The fourth-order valence-corrected chi connectivity index (χ4v) is 4.65. The van der Waals surface area contributed by atoms with Gasteiger partial charge in [-0.3, -0.25) is 4.68 Å². The summed E-state index contributed by atoms with van der Waals surface area (Å²) in [7, 11) is -3.68. The van der Waals surface area contributed by atoms with Gasteiger partial charge in [0.25, 0.3) is 0 Å². The van der Waals surface area contributed by atoms with E-state index in [0.29, 0.717) is 4.31 Å². The minimum Gasteiger partial charge on any atom is -0.335 e. The average molecular weight is 412 g/mol. The van der Waals surface area contributed by atoms with Gasteiger partial charge < -0.3 is 5.32 Å². The first-order valence-corrected chi connectivity index (χ1v) is 11.0. The van der Waals surface area contributed by atoms with Crippen molar-refractivity contribution < 1.29 is 18.0 Å². The smallest absolute Gasteiger partial charge is 0.335 e. The van der Waals surface area contributed by atoms with Crippen LogP contribution in [0.5, 0.6) is 0 Å². The number of urea groups is 2. The Morgan fingerprint density at radius 3 is 2.63 bits per heavy atom. The van der Waals surface area contributed by atoms with Gasteiger partial charge in [-0.1, -0.05) is 6.07 Å². The average Bonchev–Trinajstić information content (AvgIpc) is 3.28. The third-order valence-electron chi connectivity index (χ3n) is 4.27. The predicted molar refractivity (Wildman–Crippen MR) is 101 cm³/mol. The van der Waals surface area contributed by atoms with Gasteiger partial charge in [-0.05, 0) is 31.4 Å². The molecule has 1 unspecified atom stereocenters. The van der Waals surface area contributed by atoms with Crippen LogP contribution in [0.4, 0.5) is 9.59 Å². The highest BCUT2D eigenvalue weighted by Crippen LogP contribution is 2.24. The van der Waals surface area contributed by atoms with Crippen molar-refractivity contribution in [1.82, 2.24) is 24.3 Å². The summed E-state index contributed by atoms with van der Waals surface area (Å²) in [6.45, 7) is 4.06. The molecule has 0 radical (unpaired) electrons. The summed E-state index contributed by atoms with van der Waals surface area (Å²) in [5.74, 6) is 0. The maximum absolute atomic E-state index is 12.5. The van der Waals surface area contributed by atoms with Gasteiger partial charge in [-0.2, -0.15) is 5.10 Å². The first-order valence-electron chi connectivity index (χ1n) is 8.31. The van der Waals surface area contributed by atoms with E-state index >= 15 is 0 Å². The first kappa shape index (κ1) is 19.4. The number of hydrogen-bond acceptors (Lipinski definition) is 6. The normalized spacial score (nSPS) is 16.0. The van der Waals surface area contributed by atoms with Gasteiger partial charge in [-0.15, -0.1) is 11.3 Å². The van der Waals surface area contributed by atoms with Gasteiger partial charge >= 0.3 is 12.1 Å². The fourth-order valence-electron chi connectivity index (χ4n) is 3.04. The highest BCUT2D eigenvalue weighted by atomic mass is 32.2. The molecular formula is C16H21N5O4S2. The minimum atomic E-state index is -3.68. The molecule has 1 aliphatic heterocycles. The minimum absolute atomic E-state index is 0.0291. The van der Waals surface area contributed by atoms with Gasteiger partial charge in [0.15, 0.2) is 0 Å². The van der Waals surface area contributed by atoms with Crippen LogP contribution >= 0.6 is 11.3 Å². The molecule has 2 aromatic heterocycles. The molecule has 2 aromatic rings. The van der Waals surface area contributed by atoms with Crippen LogP contribution in [0.25, 0.3) is 0 Å². The van der Waals surface area contributed by atoms with Crippen molar-refractivity contribution in [2.45, 2.75) is 19.9 Å². The largest absolute Gasteiger partial charge is 0.341 e. The van der Waals surface area contributed by atoms with E-state index in [1.807, 2.05) is 42.1 Å². The van der Waals surface area contributed by atoms with Crippen LogP contribution < -0.4 is 5.32 Å². The molecule has 3 heterocycles.